The van der Waals surface area contributed by atoms with Crippen LogP contribution in [0.5, 0.6) is 0 Å². The fourth-order valence-corrected chi connectivity index (χ4v) is 2.71. The van der Waals surface area contributed by atoms with Crippen LogP contribution in [-0.2, 0) is 13.0 Å². The van der Waals surface area contributed by atoms with Crippen molar-refractivity contribution in [3.8, 4) is 0 Å². The van der Waals surface area contributed by atoms with Gasteiger partial charge in [-0.2, -0.15) is 0 Å². The van der Waals surface area contributed by atoms with Gasteiger partial charge in [-0.1, -0.05) is 6.92 Å². The number of aromatic amines is 1. The molecule has 2 aromatic rings. The Balaban J connectivity index is 2.45. The summed E-state index contributed by atoms with van der Waals surface area (Å²) in [6.45, 7) is 3.55. The molecular formula is C13H14N2O3S. The van der Waals surface area contributed by atoms with Crippen molar-refractivity contribution >= 4 is 17.1 Å². The molecule has 0 aromatic carbocycles. The van der Waals surface area contributed by atoms with Crippen molar-refractivity contribution < 1.29 is 4.79 Å². The van der Waals surface area contributed by atoms with E-state index in [4.69, 9.17) is 0 Å². The highest BCUT2D eigenvalue weighted by Gasteiger charge is 2.11. The van der Waals surface area contributed by atoms with Crippen LogP contribution in [0.25, 0.3) is 0 Å². The van der Waals surface area contributed by atoms with Gasteiger partial charge in [-0.25, -0.2) is 4.79 Å². The highest BCUT2D eigenvalue weighted by atomic mass is 32.1. The van der Waals surface area contributed by atoms with Crippen molar-refractivity contribution in [3.05, 3.63) is 54.5 Å². The maximum absolute atomic E-state index is 12.0. The first-order chi connectivity index (χ1) is 9.02. The molecule has 5 nitrogen and oxygen atoms in total. The minimum Gasteiger partial charge on any atom is -0.313 e. The first-order valence-corrected chi connectivity index (χ1v) is 6.75. The summed E-state index contributed by atoms with van der Waals surface area (Å²) < 4.78 is 1.06. The van der Waals surface area contributed by atoms with E-state index in [1.807, 2.05) is 19.1 Å². The van der Waals surface area contributed by atoms with Gasteiger partial charge < -0.3 is 4.98 Å². The molecule has 0 aliphatic carbocycles. The number of hydrogen-bond acceptors (Lipinski definition) is 4. The summed E-state index contributed by atoms with van der Waals surface area (Å²) in [4.78, 5) is 39.6. The third kappa shape index (κ3) is 2.73. The first kappa shape index (κ1) is 13.5. The Bertz CT molecular complexity index is 724. The summed E-state index contributed by atoms with van der Waals surface area (Å²) in [5.41, 5.74) is -1.03. The van der Waals surface area contributed by atoms with E-state index in [1.54, 1.807) is 11.3 Å². The van der Waals surface area contributed by atoms with Crippen LogP contribution in [0.15, 0.2) is 27.9 Å². The lowest BCUT2D eigenvalue weighted by molar-refractivity contribution is 0.101. The SMILES string of the molecule is CCc1ccc(Cn2c(=O)[nH]cc(C(C)=O)c2=O)s1. The van der Waals surface area contributed by atoms with Crippen LogP contribution in [0.2, 0.25) is 0 Å². The topological polar surface area (TPSA) is 71.9 Å². The van der Waals surface area contributed by atoms with Crippen LogP contribution < -0.4 is 11.2 Å². The molecule has 100 valence electrons. The standard InChI is InChI=1S/C13H14N2O3S/c1-3-9-4-5-10(19-9)7-15-12(17)11(8(2)16)6-14-13(15)18/h4-6H,3,7H2,1-2H3,(H,14,18). The lowest BCUT2D eigenvalue weighted by Gasteiger charge is -2.03. The second-order valence-corrected chi connectivity index (χ2v) is 5.43. The third-order valence-corrected chi connectivity index (χ3v) is 4.03. The maximum atomic E-state index is 12.0. The van der Waals surface area contributed by atoms with Crippen molar-refractivity contribution in [1.82, 2.24) is 9.55 Å². The van der Waals surface area contributed by atoms with E-state index in [2.05, 4.69) is 4.98 Å². The second-order valence-electron chi connectivity index (χ2n) is 4.18. The number of nitrogens with zero attached hydrogens (tertiary/aromatic N) is 1. The molecule has 0 aliphatic heterocycles. The number of Topliss-reactive ketones (excluding diaryl/α,β-unsaturated/α-hetero) is 1. The lowest BCUT2D eigenvalue weighted by atomic mass is 10.2. The molecule has 0 saturated carbocycles. The molecule has 0 spiro atoms. The predicted molar refractivity (Wildman–Crippen MR) is 74.1 cm³/mol. The first-order valence-electron chi connectivity index (χ1n) is 5.94. The zero-order valence-electron chi connectivity index (χ0n) is 10.7. The summed E-state index contributed by atoms with van der Waals surface area (Å²) in [7, 11) is 0. The van der Waals surface area contributed by atoms with Gasteiger partial charge in [-0.05, 0) is 25.5 Å². The van der Waals surface area contributed by atoms with Crippen LogP contribution in [0.4, 0.5) is 0 Å². The zero-order chi connectivity index (χ0) is 14.0. The normalized spacial score (nSPS) is 10.6. The second kappa shape index (κ2) is 5.36. The highest BCUT2D eigenvalue weighted by Crippen LogP contribution is 2.17. The number of H-pyrrole nitrogens is 1. The van der Waals surface area contributed by atoms with Crippen LogP contribution in [0.1, 0.15) is 34.0 Å². The predicted octanol–water partition coefficient (Wildman–Crippen LogP) is 1.41. The Morgan fingerprint density at radius 1 is 1.32 bits per heavy atom. The van der Waals surface area contributed by atoms with Gasteiger partial charge in [0.25, 0.3) is 5.56 Å². The van der Waals surface area contributed by atoms with E-state index in [0.717, 1.165) is 15.9 Å². The third-order valence-electron chi connectivity index (χ3n) is 2.82. The Labute approximate surface area is 113 Å². The Morgan fingerprint density at radius 3 is 2.58 bits per heavy atom. The molecule has 2 aromatic heterocycles. The van der Waals surface area contributed by atoms with Crippen LogP contribution in [-0.4, -0.2) is 15.3 Å². The monoisotopic (exact) mass is 278 g/mol. The van der Waals surface area contributed by atoms with Crippen molar-refractivity contribution in [2.24, 2.45) is 0 Å². The molecule has 1 N–H and O–H groups in total. The fourth-order valence-electron chi connectivity index (χ4n) is 1.76. The van der Waals surface area contributed by atoms with Crippen LogP contribution in [0.3, 0.4) is 0 Å². The Kier molecular flexibility index (Phi) is 3.80. The number of rotatable bonds is 4. The molecule has 0 aliphatic rings. The molecule has 2 rings (SSSR count). The Morgan fingerprint density at radius 2 is 2.00 bits per heavy atom. The molecule has 0 amide bonds. The van der Waals surface area contributed by atoms with Crippen molar-refractivity contribution in [1.29, 1.82) is 0 Å². The molecule has 19 heavy (non-hydrogen) atoms. The number of carbonyl (C=O) groups is 1. The van der Waals surface area contributed by atoms with Gasteiger partial charge in [0.15, 0.2) is 5.78 Å². The average molecular weight is 278 g/mol. The number of aromatic nitrogens is 2. The molecule has 0 bridgehead atoms. The van der Waals surface area contributed by atoms with E-state index in [1.165, 1.54) is 18.0 Å². The van der Waals surface area contributed by atoms with E-state index >= 15 is 0 Å². The quantitative estimate of drug-likeness (QED) is 0.859. The van der Waals surface area contributed by atoms with Crippen molar-refractivity contribution in [2.75, 3.05) is 0 Å². The maximum Gasteiger partial charge on any atom is 0.328 e. The minimum absolute atomic E-state index is 0.00636. The van der Waals surface area contributed by atoms with Crippen molar-refractivity contribution in [2.45, 2.75) is 26.8 Å². The largest absolute Gasteiger partial charge is 0.328 e. The highest BCUT2D eigenvalue weighted by molar-refractivity contribution is 7.11. The van der Waals surface area contributed by atoms with Gasteiger partial charge >= 0.3 is 5.69 Å². The summed E-state index contributed by atoms with van der Waals surface area (Å²) in [5, 5.41) is 0. The van der Waals surface area contributed by atoms with Gasteiger partial charge in [0.05, 0.1) is 12.1 Å². The zero-order valence-corrected chi connectivity index (χ0v) is 11.5. The summed E-state index contributed by atoms with van der Waals surface area (Å²) in [5.74, 6) is -0.351. The summed E-state index contributed by atoms with van der Waals surface area (Å²) in [6, 6.07) is 3.88. The molecule has 0 radical (unpaired) electrons. The van der Waals surface area contributed by atoms with E-state index in [9.17, 15) is 14.4 Å². The number of aryl methyl sites for hydroxylation is 1. The summed E-state index contributed by atoms with van der Waals surface area (Å²) >= 11 is 1.56. The van der Waals surface area contributed by atoms with Gasteiger partial charge in [0.2, 0.25) is 0 Å². The Hall–Kier alpha value is -1.95. The number of nitrogens with one attached hydrogen (secondary N) is 1. The van der Waals surface area contributed by atoms with E-state index in [0.29, 0.717) is 0 Å². The van der Waals surface area contributed by atoms with E-state index in [-0.39, 0.29) is 17.9 Å². The number of carbonyl (C=O) groups excluding carboxylic acids is 1. The van der Waals surface area contributed by atoms with Gasteiger partial charge in [0.1, 0.15) is 0 Å². The summed E-state index contributed by atoms with van der Waals surface area (Å²) in [6.07, 6.45) is 2.10. The molecule has 0 atom stereocenters. The molecular weight excluding hydrogens is 264 g/mol. The van der Waals surface area contributed by atoms with Crippen LogP contribution in [0, 0.1) is 0 Å². The number of thiophene rings is 1. The van der Waals surface area contributed by atoms with Gasteiger partial charge in [-0.15, -0.1) is 11.3 Å². The molecule has 2 heterocycles. The lowest BCUT2D eigenvalue weighted by Crippen LogP contribution is -2.37. The number of ketones is 1. The van der Waals surface area contributed by atoms with Gasteiger partial charge in [0, 0.05) is 16.0 Å². The number of hydrogen-bond donors (Lipinski definition) is 1. The molecule has 0 fully saturated rings. The minimum atomic E-state index is -0.539. The van der Waals surface area contributed by atoms with Crippen molar-refractivity contribution in [3.63, 3.8) is 0 Å². The molecule has 6 heteroatoms. The van der Waals surface area contributed by atoms with E-state index < -0.39 is 11.2 Å². The van der Waals surface area contributed by atoms with Gasteiger partial charge in [-0.3, -0.25) is 14.2 Å². The molecule has 0 unspecified atom stereocenters. The molecule has 0 saturated heterocycles. The van der Waals surface area contributed by atoms with Crippen LogP contribution >= 0.6 is 11.3 Å². The average Bonchev–Trinajstić information content (AvgIpc) is 2.81. The smallest absolute Gasteiger partial charge is 0.313 e. The fraction of sp³-hybridized carbons (Fsp3) is 0.308.